The van der Waals surface area contributed by atoms with Crippen molar-refractivity contribution in [3.05, 3.63) is 94.4 Å². The molecule has 0 bridgehead atoms. The predicted octanol–water partition coefficient (Wildman–Crippen LogP) is 5.44. The first kappa shape index (κ1) is 25.1. The highest BCUT2D eigenvalue weighted by atomic mass is 32.2. The third kappa shape index (κ3) is 6.76. The standard InChI is InChI=1S/C28H26N2O5S/c1-19-14-20(2)16-22(15-19)29-26(31)18-30-27(32)25(36-28(30)33)17-21-8-10-24(11-9-21)35-13-12-34-23-6-4-3-5-7-23/h3-11,14-17H,12-13,18H2,1-2H3,(H,29,31)/b25-17+. The fraction of sp³-hybridized carbons (Fsp3) is 0.179. The fourth-order valence-electron chi connectivity index (χ4n) is 3.67. The quantitative estimate of drug-likeness (QED) is 0.310. The van der Waals surface area contributed by atoms with Crippen LogP contribution in [0.25, 0.3) is 6.08 Å². The third-order valence-corrected chi connectivity index (χ3v) is 6.13. The molecule has 3 aromatic rings. The molecule has 1 N–H and O–H groups in total. The van der Waals surface area contributed by atoms with Crippen molar-refractivity contribution in [1.29, 1.82) is 0 Å². The second-order valence-corrected chi connectivity index (χ2v) is 9.26. The van der Waals surface area contributed by atoms with E-state index in [4.69, 9.17) is 9.47 Å². The van der Waals surface area contributed by atoms with Crippen LogP contribution in [0.4, 0.5) is 10.5 Å². The van der Waals surface area contributed by atoms with Gasteiger partial charge in [0.1, 0.15) is 31.3 Å². The maximum absolute atomic E-state index is 12.8. The second kappa shape index (κ2) is 11.6. The van der Waals surface area contributed by atoms with E-state index in [0.29, 0.717) is 24.7 Å². The molecule has 1 fully saturated rings. The number of carbonyl (C=O) groups excluding carboxylic acids is 3. The molecule has 0 aliphatic carbocycles. The molecule has 1 aliphatic heterocycles. The van der Waals surface area contributed by atoms with Gasteiger partial charge in [-0.1, -0.05) is 36.4 Å². The summed E-state index contributed by atoms with van der Waals surface area (Å²) in [5.41, 5.74) is 3.40. The van der Waals surface area contributed by atoms with Gasteiger partial charge in [0.15, 0.2) is 0 Å². The zero-order valence-electron chi connectivity index (χ0n) is 20.0. The number of hydrogen-bond acceptors (Lipinski definition) is 6. The number of amides is 3. The van der Waals surface area contributed by atoms with Crippen LogP contribution in [0.1, 0.15) is 16.7 Å². The van der Waals surface area contributed by atoms with E-state index < -0.39 is 17.1 Å². The van der Waals surface area contributed by atoms with Crippen molar-refractivity contribution in [2.75, 3.05) is 25.1 Å². The van der Waals surface area contributed by atoms with Crippen LogP contribution in [0.15, 0.2) is 77.7 Å². The number of nitrogens with zero attached hydrogens (tertiary/aromatic N) is 1. The largest absolute Gasteiger partial charge is 0.490 e. The number of hydrogen-bond donors (Lipinski definition) is 1. The molecule has 3 amide bonds. The number of anilines is 1. The number of imide groups is 1. The summed E-state index contributed by atoms with van der Waals surface area (Å²) in [4.78, 5) is 38.9. The number of carbonyl (C=O) groups is 3. The number of benzene rings is 3. The highest BCUT2D eigenvalue weighted by Gasteiger charge is 2.36. The van der Waals surface area contributed by atoms with E-state index in [-0.39, 0.29) is 11.4 Å². The van der Waals surface area contributed by atoms with Gasteiger partial charge >= 0.3 is 0 Å². The van der Waals surface area contributed by atoms with Crippen molar-refractivity contribution in [3.63, 3.8) is 0 Å². The maximum atomic E-state index is 12.8. The molecule has 4 rings (SSSR count). The number of aryl methyl sites for hydroxylation is 2. The molecule has 0 unspecified atom stereocenters. The molecular formula is C28H26N2O5S. The summed E-state index contributed by atoms with van der Waals surface area (Å²) in [5, 5.41) is 2.28. The van der Waals surface area contributed by atoms with Crippen LogP contribution in [0.5, 0.6) is 11.5 Å². The molecule has 0 spiro atoms. The van der Waals surface area contributed by atoms with Gasteiger partial charge in [0.2, 0.25) is 5.91 Å². The minimum Gasteiger partial charge on any atom is -0.490 e. The van der Waals surface area contributed by atoms with Gasteiger partial charge in [0, 0.05) is 5.69 Å². The summed E-state index contributed by atoms with van der Waals surface area (Å²) in [6.45, 7) is 4.33. The molecule has 0 radical (unpaired) electrons. The molecule has 0 aromatic heterocycles. The normalized spacial score (nSPS) is 14.3. The SMILES string of the molecule is Cc1cc(C)cc(NC(=O)CN2C(=O)S/C(=C/c3ccc(OCCOc4ccccc4)cc3)C2=O)c1. The van der Waals surface area contributed by atoms with Crippen LogP contribution in [0.2, 0.25) is 0 Å². The molecule has 3 aromatic carbocycles. The van der Waals surface area contributed by atoms with E-state index in [1.807, 2.05) is 62.4 Å². The summed E-state index contributed by atoms with van der Waals surface area (Å²) < 4.78 is 11.3. The van der Waals surface area contributed by atoms with Gasteiger partial charge in [-0.05, 0) is 84.8 Å². The number of thioether (sulfide) groups is 1. The molecule has 1 saturated heterocycles. The molecule has 1 heterocycles. The lowest BCUT2D eigenvalue weighted by Gasteiger charge is -2.13. The Kier molecular flexibility index (Phi) is 8.07. The smallest absolute Gasteiger partial charge is 0.294 e. The van der Waals surface area contributed by atoms with E-state index in [2.05, 4.69) is 5.32 Å². The Morgan fingerprint density at radius 1 is 0.889 bits per heavy atom. The fourth-order valence-corrected chi connectivity index (χ4v) is 4.51. The highest BCUT2D eigenvalue weighted by Crippen LogP contribution is 2.32. The Labute approximate surface area is 214 Å². The first-order valence-corrected chi connectivity index (χ1v) is 12.2. The third-order valence-electron chi connectivity index (χ3n) is 5.22. The van der Waals surface area contributed by atoms with E-state index in [0.717, 1.165) is 39.1 Å². The van der Waals surface area contributed by atoms with Gasteiger partial charge in [0.25, 0.3) is 11.1 Å². The summed E-state index contributed by atoms with van der Waals surface area (Å²) >= 11 is 0.820. The lowest BCUT2D eigenvalue weighted by atomic mass is 10.1. The Bertz CT molecular complexity index is 1270. The van der Waals surface area contributed by atoms with Gasteiger partial charge in [-0.15, -0.1) is 0 Å². The summed E-state index contributed by atoms with van der Waals surface area (Å²) in [7, 11) is 0. The zero-order valence-corrected chi connectivity index (χ0v) is 20.8. The van der Waals surface area contributed by atoms with Crippen LogP contribution in [-0.4, -0.2) is 41.7 Å². The molecule has 0 saturated carbocycles. The molecule has 7 nitrogen and oxygen atoms in total. The van der Waals surface area contributed by atoms with Crippen LogP contribution >= 0.6 is 11.8 Å². The van der Waals surface area contributed by atoms with Crippen molar-refractivity contribution < 1.29 is 23.9 Å². The molecule has 184 valence electrons. The number of nitrogens with one attached hydrogen (secondary N) is 1. The Balaban J connectivity index is 1.30. The lowest BCUT2D eigenvalue weighted by molar-refractivity contribution is -0.127. The minimum absolute atomic E-state index is 0.268. The predicted molar refractivity (Wildman–Crippen MR) is 141 cm³/mol. The first-order valence-electron chi connectivity index (χ1n) is 11.4. The average Bonchev–Trinajstić information content (AvgIpc) is 3.10. The molecular weight excluding hydrogens is 476 g/mol. The average molecular weight is 503 g/mol. The number of para-hydroxylation sites is 1. The van der Waals surface area contributed by atoms with E-state index in [1.165, 1.54) is 0 Å². The highest BCUT2D eigenvalue weighted by molar-refractivity contribution is 8.18. The Hall–Kier alpha value is -4.04. The summed E-state index contributed by atoms with van der Waals surface area (Å²) in [6.07, 6.45) is 1.63. The molecule has 36 heavy (non-hydrogen) atoms. The summed E-state index contributed by atoms with van der Waals surface area (Å²) in [5.74, 6) is 0.536. The van der Waals surface area contributed by atoms with Gasteiger partial charge in [0.05, 0.1) is 4.91 Å². The minimum atomic E-state index is -0.487. The van der Waals surface area contributed by atoms with Crippen LogP contribution in [0.3, 0.4) is 0 Å². The lowest BCUT2D eigenvalue weighted by Crippen LogP contribution is -2.36. The monoisotopic (exact) mass is 502 g/mol. The topological polar surface area (TPSA) is 84.9 Å². The van der Waals surface area contributed by atoms with Gasteiger partial charge in [-0.2, -0.15) is 0 Å². The van der Waals surface area contributed by atoms with Crippen LogP contribution in [-0.2, 0) is 9.59 Å². The van der Waals surface area contributed by atoms with E-state index >= 15 is 0 Å². The van der Waals surface area contributed by atoms with Gasteiger partial charge < -0.3 is 14.8 Å². The first-order chi connectivity index (χ1) is 17.4. The maximum Gasteiger partial charge on any atom is 0.294 e. The van der Waals surface area contributed by atoms with Crippen LogP contribution < -0.4 is 14.8 Å². The molecule has 8 heteroatoms. The Morgan fingerprint density at radius 2 is 1.50 bits per heavy atom. The van der Waals surface area contributed by atoms with Crippen molar-refractivity contribution in [3.8, 4) is 11.5 Å². The van der Waals surface area contributed by atoms with Crippen molar-refractivity contribution in [2.24, 2.45) is 0 Å². The van der Waals surface area contributed by atoms with E-state index in [9.17, 15) is 14.4 Å². The van der Waals surface area contributed by atoms with Crippen molar-refractivity contribution in [1.82, 2.24) is 4.90 Å². The second-order valence-electron chi connectivity index (χ2n) is 8.27. The number of ether oxygens (including phenoxy) is 2. The zero-order chi connectivity index (χ0) is 25.5. The molecule has 0 atom stereocenters. The van der Waals surface area contributed by atoms with E-state index in [1.54, 1.807) is 30.3 Å². The Morgan fingerprint density at radius 3 is 2.14 bits per heavy atom. The summed E-state index contributed by atoms with van der Waals surface area (Å²) in [6, 6.07) is 22.3. The molecule has 1 aliphatic rings. The van der Waals surface area contributed by atoms with Crippen LogP contribution in [0, 0.1) is 13.8 Å². The van der Waals surface area contributed by atoms with Crippen molar-refractivity contribution in [2.45, 2.75) is 13.8 Å². The number of rotatable bonds is 9. The van der Waals surface area contributed by atoms with Gasteiger partial charge in [-0.3, -0.25) is 19.3 Å². The van der Waals surface area contributed by atoms with Crippen molar-refractivity contribution >= 4 is 40.6 Å². The van der Waals surface area contributed by atoms with Gasteiger partial charge in [-0.25, -0.2) is 0 Å².